The van der Waals surface area contributed by atoms with Crippen LogP contribution >= 0.6 is 0 Å². The van der Waals surface area contributed by atoms with Gasteiger partial charge >= 0.3 is 0 Å². The molecule has 24 heavy (non-hydrogen) atoms. The zero-order valence-corrected chi connectivity index (χ0v) is 13.4. The van der Waals surface area contributed by atoms with Gasteiger partial charge in [-0.3, -0.25) is 4.79 Å². The Hall–Kier alpha value is -3.21. The van der Waals surface area contributed by atoms with Gasteiger partial charge in [0.15, 0.2) is 0 Å². The van der Waals surface area contributed by atoms with E-state index in [2.05, 4.69) is 4.98 Å². The molecule has 1 aromatic heterocycles. The Kier molecular flexibility index (Phi) is 4.24. The number of ether oxygens (including phenoxy) is 1. The summed E-state index contributed by atoms with van der Waals surface area (Å²) in [4.78, 5) is 16.8. The minimum atomic E-state index is -0.378. The van der Waals surface area contributed by atoms with Gasteiger partial charge in [-0.15, -0.1) is 0 Å². The van der Waals surface area contributed by atoms with Gasteiger partial charge in [0.05, 0.1) is 7.11 Å². The first kappa shape index (κ1) is 15.7. The highest BCUT2D eigenvalue weighted by Crippen LogP contribution is 2.14. The Morgan fingerprint density at radius 1 is 1.17 bits per heavy atom. The van der Waals surface area contributed by atoms with Crippen LogP contribution in [-0.2, 0) is 0 Å². The molecule has 0 N–H and O–H groups in total. The Morgan fingerprint density at radius 3 is 2.58 bits per heavy atom. The van der Waals surface area contributed by atoms with Crippen LogP contribution in [0, 0.1) is 12.1 Å². The molecule has 0 amide bonds. The predicted molar refractivity (Wildman–Crippen MR) is 91.8 cm³/mol. The lowest BCUT2D eigenvalue weighted by Gasteiger charge is -2.07. The van der Waals surface area contributed by atoms with Gasteiger partial charge in [0.25, 0.3) is 11.5 Å². The third kappa shape index (κ3) is 2.96. The predicted octanol–water partition coefficient (Wildman–Crippen LogP) is 3.08. The van der Waals surface area contributed by atoms with Crippen molar-refractivity contribution in [3.05, 3.63) is 76.8 Å². The topological polar surface area (TPSA) is 66.1 Å². The maximum atomic E-state index is 12.5. The summed E-state index contributed by atoms with van der Waals surface area (Å²) in [6, 6.07) is 14.2. The molecule has 0 aliphatic heterocycles. The molecule has 1 heterocycles. The molecule has 120 valence electrons. The number of carbonyl (C=O) groups excluding carboxylic acids is 1. The van der Waals surface area contributed by atoms with Crippen molar-refractivity contribution in [2.75, 3.05) is 7.11 Å². The van der Waals surface area contributed by atoms with Crippen LogP contribution in [-0.4, -0.2) is 17.9 Å². The van der Waals surface area contributed by atoms with E-state index in [1.807, 2.05) is 12.1 Å². The molecule has 3 aromatic rings. The number of allylic oxidation sites excluding steroid dienone is 1. The SMILES string of the molecule is COc1ccc(/C=C\C(=O)c2c(C)nc3ccccc3[n+]2[O-])cc1. The first-order valence-electron chi connectivity index (χ1n) is 7.45. The van der Waals surface area contributed by atoms with E-state index < -0.39 is 0 Å². The molecule has 3 rings (SSSR count). The van der Waals surface area contributed by atoms with Crippen molar-refractivity contribution in [1.82, 2.24) is 4.98 Å². The summed E-state index contributed by atoms with van der Waals surface area (Å²) in [7, 11) is 1.59. The minimum Gasteiger partial charge on any atom is -0.618 e. The van der Waals surface area contributed by atoms with Crippen molar-refractivity contribution in [3.8, 4) is 5.75 Å². The van der Waals surface area contributed by atoms with Gasteiger partial charge in [0.2, 0.25) is 5.52 Å². The van der Waals surface area contributed by atoms with Crippen LogP contribution in [0.15, 0.2) is 54.6 Å². The first-order valence-corrected chi connectivity index (χ1v) is 7.45. The molecule has 0 spiro atoms. The van der Waals surface area contributed by atoms with E-state index in [1.165, 1.54) is 6.08 Å². The van der Waals surface area contributed by atoms with Crippen LogP contribution in [0.4, 0.5) is 0 Å². The van der Waals surface area contributed by atoms with Gasteiger partial charge in [-0.1, -0.05) is 30.3 Å². The van der Waals surface area contributed by atoms with Crippen molar-refractivity contribution < 1.29 is 14.3 Å². The summed E-state index contributed by atoms with van der Waals surface area (Å²) in [6.07, 6.45) is 3.05. The third-order valence-corrected chi connectivity index (χ3v) is 3.71. The number of ketones is 1. The molecule has 0 saturated heterocycles. The molecular weight excluding hydrogens is 304 g/mol. The second-order valence-electron chi connectivity index (χ2n) is 5.30. The molecule has 0 atom stereocenters. The number of aryl methyl sites for hydroxylation is 1. The van der Waals surface area contributed by atoms with Crippen molar-refractivity contribution in [2.45, 2.75) is 6.92 Å². The molecule has 0 unspecified atom stereocenters. The smallest absolute Gasteiger partial charge is 0.286 e. The van der Waals surface area contributed by atoms with Crippen LogP contribution in [0.2, 0.25) is 0 Å². The third-order valence-electron chi connectivity index (χ3n) is 3.71. The average molecular weight is 320 g/mol. The van der Waals surface area contributed by atoms with E-state index in [1.54, 1.807) is 56.5 Å². The molecule has 0 aliphatic carbocycles. The van der Waals surface area contributed by atoms with Crippen molar-refractivity contribution >= 4 is 22.9 Å². The van der Waals surface area contributed by atoms with E-state index in [9.17, 15) is 10.0 Å². The highest BCUT2D eigenvalue weighted by atomic mass is 16.5. The largest absolute Gasteiger partial charge is 0.618 e. The number of hydrogen-bond acceptors (Lipinski definition) is 4. The number of nitrogens with zero attached hydrogens (tertiary/aromatic N) is 2. The van der Waals surface area contributed by atoms with Crippen molar-refractivity contribution in [2.24, 2.45) is 0 Å². The van der Waals surface area contributed by atoms with Gasteiger partial charge in [-0.2, -0.15) is 4.73 Å². The monoisotopic (exact) mass is 320 g/mol. The molecule has 0 fully saturated rings. The number of carbonyl (C=O) groups is 1. The molecule has 2 aromatic carbocycles. The summed E-state index contributed by atoms with van der Waals surface area (Å²) >= 11 is 0. The van der Waals surface area contributed by atoms with Crippen LogP contribution in [0.5, 0.6) is 5.75 Å². The second kappa shape index (κ2) is 6.50. The average Bonchev–Trinajstić information content (AvgIpc) is 2.60. The van der Waals surface area contributed by atoms with Crippen LogP contribution in [0.25, 0.3) is 17.1 Å². The molecule has 0 radical (unpaired) electrons. The maximum Gasteiger partial charge on any atom is 0.286 e. The van der Waals surface area contributed by atoms with Gasteiger partial charge < -0.3 is 9.94 Å². The summed E-state index contributed by atoms with van der Waals surface area (Å²) in [6.45, 7) is 1.66. The maximum absolute atomic E-state index is 12.5. The zero-order chi connectivity index (χ0) is 17.1. The number of methoxy groups -OCH3 is 1. The quantitative estimate of drug-likeness (QED) is 0.321. The number of benzene rings is 2. The highest BCUT2D eigenvalue weighted by Gasteiger charge is 2.21. The van der Waals surface area contributed by atoms with Crippen LogP contribution < -0.4 is 9.47 Å². The fourth-order valence-electron chi connectivity index (χ4n) is 2.48. The van der Waals surface area contributed by atoms with Gasteiger partial charge in [0, 0.05) is 6.07 Å². The van der Waals surface area contributed by atoms with Crippen molar-refractivity contribution in [3.63, 3.8) is 0 Å². The zero-order valence-electron chi connectivity index (χ0n) is 13.4. The molecular formula is C19H16N2O3. The lowest BCUT2D eigenvalue weighted by Crippen LogP contribution is -2.36. The Morgan fingerprint density at radius 2 is 1.88 bits per heavy atom. The summed E-state index contributed by atoms with van der Waals surface area (Å²) in [5.74, 6) is 0.363. The summed E-state index contributed by atoms with van der Waals surface area (Å²) in [5, 5.41) is 12.5. The van der Waals surface area contributed by atoms with Gasteiger partial charge in [-0.25, -0.2) is 4.98 Å². The van der Waals surface area contributed by atoms with Gasteiger partial charge in [-0.05, 0) is 36.8 Å². The van der Waals surface area contributed by atoms with Crippen LogP contribution in [0.1, 0.15) is 21.7 Å². The standard InChI is InChI=1S/C19H16N2O3/c1-13-19(21(23)17-6-4-3-5-16(17)20-13)18(22)12-9-14-7-10-15(24-2)11-8-14/h3-12H,1-2H3/b12-9-. The van der Waals surface area contributed by atoms with Crippen molar-refractivity contribution in [1.29, 1.82) is 0 Å². The molecule has 0 aliphatic rings. The molecule has 0 bridgehead atoms. The van der Waals surface area contributed by atoms with E-state index in [4.69, 9.17) is 4.74 Å². The Bertz CT molecular complexity index is 931. The number of para-hydroxylation sites is 2. The second-order valence-corrected chi connectivity index (χ2v) is 5.30. The fraction of sp³-hybridized carbons (Fsp3) is 0.105. The minimum absolute atomic E-state index is 0.0402. The molecule has 5 nitrogen and oxygen atoms in total. The highest BCUT2D eigenvalue weighted by molar-refractivity contribution is 6.05. The van der Waals surface area contributed by atoms with E-state index >= 15 is 0 Å². The van der Waals surface area contributed by atoms with E-state index in [0.717, 1.165) is 11.3 Å². The molecule has 5 heteroatoms. The number of fused-ring (bicyclic) bond motifs is 1. The Balaban J connectivity index is 1.94. The number of hydrogen-bond donors (Lipinski definition) is 0. The van der Waals surface area contributed by atoms with Gasteiger partial charge in [0.1, 0.15) is 17.0 Å². The van der Waals surface area contributed by atoms with Crippen LogP contribution in [0.3, 0.4) is 0 Å². The first-order chi connectivity index (χ1) is 11.6. The number of rotatable bonds is 4. The lowest BCUT2D eigenvalue weighted by molar-refractivity contribution is -0.580. The van der Waals surface area contributed by atoms with E-state index in [0.29, 0.717) is 21.5 Å². The molecule has 0 saturated carbocycles. The summed E-state index contributed by atoms with van der Waals surface area (Å²) in [5.41, 5.74) is 2.24. The normalized spacial score (nSPS) is 11.1. The lowest BCUT2D eigenvalue weighted by atomic mass is 10.1. The fourth-order valence-corrected chi connectivity index (χ4v) is 2.48. The summed E-state index contributed by atoms with van der Waals surface area (Å²) < 4.78 is 5.74. The Labute approximate surface area is 139 Å². The van der Waals surface area contributed by atoms with E-state index in [-0.39, 0.29) is 11.5 Å². The number of aromatic nitrogens is 2.